The SMILES string of the molecule is CNCC1(CNC(=O)c2ccc(F)cc2)CC1. The molecule has 0 aliphatic heterocycles. The minimum absolute atomic E-state index is 0.132. The van der Waals surface area contributed by atoms with Crippen LogP contribution in [0.15, 0.2) is 24.3 Å². The van der Waals surface area contributed by atoms with Crippen molar-refractivity contribution in [2.24, 2.45) is 5.41 Å². The van der Waals surface area contributed by atoms with Gasteiger partial charge in [0.2, 0.25) is 0 Å². The Hall–Kier alpha value is -1.42. The predicted molar refractivity (Wildman–Crippen MR) is 64.3 cm³/mol. The van der Waals surface area contributed by atoms with Crippen LogP contribution < -0.4 is 10.6 Å². The molecular weight excluding hydrogens is 219 g/mol. The summed E-state index contributed by atoms with van der Waals surface area (Å²) in [7, 11) is 1.92. The zero-order valence-electron chi connectivity index (χ0n) is 9.92. The van der Waals surface area contributed by atoms with Crippen molar-refractivity contribution < 1.29 is 9.18 Å². The lowest BCUT2D eigenvalue weighted by Gasteiger charge is -2.15. The van der Waals surface area contributed by atoms with Gasteiger partial charge in [-0.05, 0) is 44.2 Å². The van der Waals surface area contributed by atoms with Crippen LogP contribution in [-0.4, -0.2) is 26.0 Å². The Balaban J connectivity index is 1.87. The quantitative estimate of drug-likeness (QED) is 0.814. The molecule has 0 heterocycles. The van der Waals surface area contributed by atoms with Gasteiger partial charge in [-0.1, -0.05) is 0 Å². The summed E-state index contributed by atoms with van der Waals surface area (Å²) in [6, 6.07) is 5.61. The molecule has 0 unspecified atom stereocenters. The first-order chi connectivity index (χ1) is 8.15. The van der Waals surface area contributed by atoms with Crippen LogP contribution >= 0.6 is 0 Å². The lowest BCUT2D eigenvalue weighted by molar-refractivity contribution is 0.0945. The largest absolute Gasteiger partial charge is 0.351 e. The molecule has 1 aliphatic rings. The minimum atomic E-state index is -0.324. The van der Waals surface area contributed by atoms with Crippen molar-refractivity contribution in [1.82, 2.24) is 10.6 Å². The second kappa shape index (κ2) is 4.84. The summed E-state index contributed by atoms with van der Waals surface area (Å²) in [6.07, 6.45) is 2.30. The van der Waals surface area contributed by atoms with E-state index in [1.54, 1.807) is 0 Å². The van der Waals surface area contributed by atoms with Crippen LogP contribution in [0.3, 0.4) is 0 Å². The third kappa shape index (κ3) is 3.03. The summed E-state index contributed by atoms with van der Waals surface area (Å²) in [5.74, 6) is -0.456. The maximum absolute atomic E-state index is 12.7. The van der Waals surface area contributed by atoms with Gasteiger partial charge in [0, 0.05) is 24.1 Å². The van der Waals surface area contributed by atoms with E-state index in [2.05, 4.69) is 10.6 Å². The van der Waals surface area contributed by atoms with Crippen LogP contribution in [-0.2, 0) is 0 Å². The Kier molecular flexibility index (Phi) is 3.43. The fourth-order valence-corrected chi connectivity index (χ4v) is 1.94. The van der Waals surface area contributed by atoms with Crippen molar-refractivity contribution in [2.45, 2.75) is 12.8 Å². The van der Waals surface area contributed by atoms with Crippen LogP contribution in [0.4, 0.5) is 4.39 Å². The number of halogens is 1. The van der Waals surface area contributed by atoms with Crippen molar-refractivity contribution in [1.29, 1.82) is 0 Å². The number of rotatable bonds is 5. The molecule has 0 bridgehead atoms. The van der Waals surface area contributed by atoms with Gasteiger partial charge in [-0.2, -0.15) is 0 Å². The Bertz CT molecular complexity index is 398. The number of benzene rings is 1. The van der Waals surface area contributed by atoms with Crippen LogP contribution in [0.1, 0.15) is 23.2 Å². The highest BCUT2D eigenvalue weighted by atomic mass is 19.1. The molecule has 0 radical (unpaired) electrons. The highest BCUT2D eigenvalue weighted by molar-refractivity contribution is 5.94. The van der Waals surface area contributed by atoms with E-state index in [1.165, 1.54) is 24.3 Å². The number of amides is 1. The van der Waals surface area contributed by atoms with Gasteiger partial charge in [0.15, 0.2) is 0 Å². The lowest BCUT2D eigenvalue weighted by Crippen LogP contribution is -2.34. The minimum Gasteiger partial charge on any atom is -0.351 e. The molecule has 0 atom stereocenters. The van der Waals surface area contributed by atoms with E-state index in [0.717, 1.165) is 19.4 Å². The smallest absolute Gasteiger partial charge is 0.251 e. The zero-order chi connectivity index (χ0) is 12.3. The standard InChI is InChI=1S/C13H17FN2O/c1-15-8-13(6-7-13)9-16-12(17)10-2-4-11(14)5-3-10/h2-5,15H,6-9H2,1H3,(H,16,17). The van der Waals surface area contributed by atoms with Crippen molar-refractivity contribution in [3.63, 3.8) is 0 Å². The molecular formula is C13H17FN2O. The molecule has 17 heavy (non-hydrogen) atoms. The lowest BCUT2D eigenvalue weighted by atomic mass is 10.1. The van der Waals surface area contributed by atoms with E-state index >= 15 is 0 Å². The fourth-order valence-electron chi connectivity index (χ4n) is 1.94. The van der Waals surface area contributed by atoms with Gasteiger partial charge in [-0.15, -0.1) is 0 Å². The Labute approximate surface area is 100 Å². The molecule has 1 aromatic rings. The molecule has 1 fully saturated rings. The molecule has 1 aromatic carbocycles. The van der Waals surface area contributed by atoms with Gasteiger partial charge >= 0.3 is 0 Å². The second-order valence-electron chi connectivity index (χ2n) is 4.72. The Morgan fingerprint density at radius 1 is 1.29 bits per heavy atom. The van der Waals surface area contributed by atoms with Gasteiger partial charge < -0.3 is 10.6 Å². The molecule has 1 aliphatic carbocycles. The van der Waals surface area contributed by atoms with Crippen LogP contribution in [0.25, 0.3) is 0 Å². The average Bonchev–Trinajstić information content (AvgIpc) is 3.08. The molecule has 2 rings (SSSR count). The van der Waals surface area contributed by atoms with Gasteiger partial charge in [0.1, 0.15) is 5.82 Å². The second-order valence-corrected chi connectivity index (χ2v) is 4.72. The molecule has 0 aromatic heterocycles. The molecule has 2 N–H and O–H groups in total. The summed E-state index contributed by atoms with van der Waals surface area (Å²) < 4.78 is 12.7. The first-order valence-corrected chi connectivity index (χ1v) is 5.84. The van der Waals surface area contributed by atoms with Crippen molar-refractivity contribution in [3.05, 3.63) is 35.6 Å². The number of nitrogens with one attached hydrogen (secondary N) is 2. The maximum Gasteiger partial charge on any atom is 0.251 e. The van der Waals surface area contributed by atoms with E-state index < -0.39 is 0 Å². The van der Waals surface area contributed by atoms with Crippen LogP contribution in [0.2, 0.25) is 0 Å². The summed E-state index contributed by atoms with van der Waals surface area (Å²) in [4.78, 5) is 11.8. The summed E-state index contributed by atoms with van der Waals surface area (Å²) in [6.45, 7) is 1.61. The normalized spacial score (nSPS) is 16.6. The highest BCUT2D eigenvalue weighted by Crippen LogP contribution is 2.44. The number of hydrogen-bond donors (Lipinski definition) is 2. The molecule has 1 saturated carbocycles. The van der Waals surface area contributed by atoms with E-state index in [9.17, 15) is 9.18 Å². The van der Waals surface area contributed by atoms with Gasteiger partial charge in [0.25, 0.3) is 5.91 Å². The van der Waals surface area contributed by atoms with Crippen molar-refractivity contribution in [3.8, 4) is 0 Å². The Morgan fingerprint density at radius 3 is 2.47 bits per heavy atom. The number of carbonyl (C=O) groups excluding carboxylic acids is 1. The third-order valence-electron chi connectivity index (χ3n) is 3.24. The van der Waals surface area contributed by atoms with Crippen LogP contribution in [0.5, 0.6) is 0 Å². The first-order valence-electron chi connectivity index (χ1n) is 5.84. The predicted octanol–water partition coefficient (Wildman–Crippen LogP) is 1.56. The van der Waals surface area contributed by atoms with Crippen molar-refractivity contribution in [2.75, 3.05) is 20.1 Å². The number of hydrogen-bond acceptors (Lipinski definition) is 2. The van der Waals surface area contributed by atoms with E-state index in [0.29, 0.717) is 12.1 Å². The first kappa shape index (κ1) is 12.0. The summed E-state index contributed by atoms with van der Waals surface area (Å²) >= 11 is 0. The maximum atomic E-state index is 12.7. The third-order valence-corrected chi connectivity index (χ3v) is 3.24. The molecule has 92 valence electrons. The van der Waals surface area contributed by atoms with E-state index in [4.69, 9.17) is 0 Å². The zero-order valence-corrected chi connectivity index (χ0v) is 9.92. The van der Waals surface area contributed by atoms with Gasteiger partial charge in [-0.3, -0.25) is 4.79 Å². The topological polar surface area (TPSA) is 41.1 Å². The van der Waals surface area contributed by atoms with Gasteiger partial charge in [0.05, 0.1) is 0 Å². The molecule has 0 spiro atoms. The number of carbonyl (C=O) groups is 1. The van der Waals surface area contributed by atoms with Crippen LogP contribution in [0, 0.1) is 11.2 Å². The fraction of sp³-hybridized carbons (Fsp3) is 0.462. The molecule has 3 nitrogen and oxygen atoms in total. The van der Waals surface area contributed by atoms with Gasteiger partial charge in [-0.25, -0.2) is 4.39 Å². The molecule has 4 heteroatoms. The summed E-state index contributed by atoms with van der Waals surface area (Å²) in [5.41, 5.74) is 0.747. The monoisotopic (exact) mass is 236 g/mol. The Morgan fingerprint density at radius 2 is 1.94 bits per heavy atom. The van der Waals surface area contributed by atoms with E-state index in [1.807, 2.05) is 7.05 Å². The highest BCUT2D eigenvalue weighted by Gasteiger charge is 2.41. The van der Waals surface area contributed by atoms with E-state index in [-0.39, 0.29) is 17.1 Å². The summed E-state index contributed by atoms with van der Waals surface area (Å²) in [5, 5.41) is 6.05. The average molecular weight is 236 g/mol. The molecule has 1 amide bonds. The van der Waals surface area contributed by atoms with Crippen molar-refractivity contribution >= 4 is 5.91 Å². The molecule has 0 saturated heterocycles.